The van der Waals surface area contributed by atoms with Gasteiger partial charge in [0, 0.05) is 19.3 Å². The van der Waals surface area contributed by atoms with Crippen molar-refractivity contribution in [1.29, 1.82) is 0 Å². The van der Waals surface area contributed by atoms with Crippen LogP contribution >= 0.6 is 0 Å². The van der Waals surface area contributed by atoms with Gasteiger partial charge in [-0.05, 0) is 26.2 Å². The Hall–Kier alpha value is -1.67. The summed E-state index contributed by atoms with van der Waals surface area (Å²) in [5.74, 6) is -1.55. The van der Waals surface area contributed by atoms with E-state index in [-0.39, 0.29) is 19.3 Å². The van der Waals surface area contributed by atoms with Gasteiger partial charge >= 0.3 is 17.9 Å². The second-order valence-corrected chi connectivity index (χ2v) is 6.35. The molecule has 1 aliphatic heterocycles. The fraction of sp³-hybridized carbons (Fsp3) is 0.833. The maximum atomic E-state index is 12.0. The van der Waals surface area contributed by atoms with Crippen LogP contribution in [-0.2, 0) is 33.3 Å². The second kappa shape index (κ2) is 11.1. The Kier molecular flexibility index (Phi) is 9.58. The quantitative estimate of drug-likeness (QED) is 0.481. The molecule has 0 aliphatic carbocycles. The van der Waals surface area contributed by atoms with Gasteiger partial charge in [0.2, 0.25) is 0 Å². The van der Waals surface area contributed by atoms with Crippen LogP contribution in [0.5, 0.6) is 0 Å². The van der Waals surface area contributed by atoms with Crippen LogP contribution < -0.4 is 0 Å². The molecule has 1 fully saturated rings. The minimum Gasteiger partial charge on any atom is -0.455 e. The first-order valence-electron chi connectivity index (χ1n) is 9.25. The van der Waals surface area contributed by atoms with Crippen LogP contribution in [0.15, 0.2) is 0 Å². The Balaban J connectivity index is 3.03. The number of hydrogen-bond acceptors (Lipinski definition) is 8. The lowest BCUT2D eigenvalue weighted by Crippen LogP contribution is -2.60. The third kappa shape index (κ3) is 6.57. The Morgan fingerprint density at radius 1 is 0.769 bits per heavy atom. The van der Waals surface area contributed by atoms with Crippen LogP contribution in [0.2, 0.25) is 0 Å². The van der Waals surface area contributed by atoms with E-state index in [4.69, 9.17) is 18.9 Å². The summed E-state index contributed by atoms with van der Waals surface area (Å²) in [6.07, 6.45) is -3.34. The van der Waals surface area contributed by atoms with E-state index in [1.54, 1.807) is 6.92 Å². The molecular weight excluding hydrogens is 344 g/mol. The molecule has 0 aromatic heterocycles. The molecule has 1 saturated heterocycles. The Morgan fingerprint density at radius 2 is 1.15 bits per heavy atom. The van der Waals surface area contributed by atoms with Crippen LogP contribution in [0.3, 0.4) is 0 Å². The van der Waals surface area contributed by atoms with Gasteiger partial charge in [-0.3, -0.25) is 14.4 Å². The summed E-state index contributed by atoms with van der Waals surface area (Å²) >= 11 is 0. The molecule has 0 spiro atoms. The van der Waals surface area contributed by atoms with Gasteiger partial charge in [-0.15, -0.1) is 0 Å². The monoisotopic (exact) mass is 374 g/mol. The third-order valence-corrected chi connectivity index (χ3v) is 3.91. The van der Waals surface area contributed by atoms with Crippen LogP contribution in [0.1, 0.15) is 66.2 Å². The van der Waals surface area contributed by atoms with Crippen molar-refractivity contribution >= 4 is 17.9 Å². The summed E-state index contributed by atoms with van der Waals surface area (Å²) in [5, 5.41) is 10.2. The Labute approximate surface area is 154 Å². The predicted molar refractivity (Wildman–Crippen MR) is 90.9 cm³/mol. The van der Waals surface area contributed by atoms with Gasteiger partial charge in [0.05, 0.1) is 6.10 Å². The minimum atomic E-state index is -1.48. The molecule has 0 amide bonds. The fourth-order valence-electron chi connectivity index (χ4n) is 2.66. The average Bonchev–Trinajstić information content (AvgIpc) is 2.55. The van der Waals surface area contributed by atoms with Crippen LogP contribution in [0, 0.1) is 0 Å². The van der Waals surface area contributed by atoms with Gasteiger partial charge in [-0.2, -0.15) is 0 Å². The number of aliphatic hydroxyl groups is 1. The summed E-state index contributed by atoms with van der Waals surface area (Å²) in [6, 6.07) is 0. The maximum Gasteiger partial charge on any atom is 0.306 e. The van der Waals surface area contributed by atoms with Gasteiger partial charge in [0.15, 0.2) is 24.6 Å². The largest absolute Gasteiger partial charge is 0.455 e. The highest BCUT2D eigenvalue weighted by Crippen LogP contribution is 2.28. The lowest BCUT2D eigenvalue weighted by molar-refractivity contribution is -0.289. The topological polar surface area (TPSA) is 108 Å². The van der Waals surface area contributed by atoms with E-state index >= 15 is 0 Å². The zero-order chi connectivity index (χ0) is 19.7. The number of ether oxygens (including phenoxy) is 4. The normalized spacial score (nSPS) is 28.3. The molecule has 1 aliphatic rings. The van der Waals surface area contributed by atoms with Crippen molar-refractivity contribution in [3.63, 3.8) is 0 Å². The second-order valence-electron chi connectivity index (χ2n) is 6.35. The maximum absolute atomic E-state index is 12.0. The summed E-state index contributed by atoms with van der Waals surface area (Å²) in [7, 11) is 0. The SMILES string of the molecule is CCCC(=O)O[C@@H]1[C@@H](OC(=O)CCC)[C@H](C)O[C@@H](O)[C@@H]1OC(=O)CCC. The van der Waals surface area contributed by atoms with E-state index in [1.165, 1.54) is 0 Å². The van der Waals surface area contributed by atoms with E-state index in [0.29, 0.717) is 19.3 Å². The summed E-state index contributed by atoms with van der Waals surface area (Å²) in [5.41, 5.74) is 0. The molecule has 0 aromatic carbocycles. The van der Waals surface area contributed by atoms with E-state index in [1.807, 2.05) is 20.8 Å². The fourth-order valence-corrected chi connectivity index (χ4v) is 2.66. The van der Waals surface area contributed by atoms with Gasteiger partial charge in [-0.25, -0.2) is 0 Å². The zero-order valence-corrected chi connectivity index (χ0v) is 15.9. The average molecular weight is 374 g/mol. The van der Waals surface area contributed by atoms with Crippen molar-refractivity contribution in [3.05, 3.63) is 0 Å². The van der Waals surface area contributed by atoms with Gasteiger partial charge in [0.25, 0.3) is 0 Å². The van der Waals surface area contributed by atoms with Crippen molar-refractivity contribution in [1.82, 2.24) is 0 Å². The molecule has 0 bridgehead atoms. The molecule has 0 saturated carbocycles. The number of carbonyl (C=O) groups is 3. The van der Waals surface area contributed by atoms with Crippen molar-refractivity contribution in [2.24, 2.45) is 0 Å². The highest BCUT2D eigenvalue weighted by atomic mass is 16.7. The summed E-state index contributed by atoms with van der Waals surface area (Å²) < 4.78 is 21.5. The van der Waals surface area contributed by atoms with Crippen LogP contribution in [0.25, 0.3) is 0 Å². The molecular formula is C18H30O8. The van der Waals surface area contributed by atoms with Gasteiger partial charge in [0.1, 0.15) is 0 Å². The van der Waals surface area contributed by atoms with Crippen LogP contribution in [0.4, 0.5) is 0 Å². The standard InChI is InChI=1S/C18H30O8/c1-5-8-12(19)24-15-11(4)23-18(22)17(26-14(21)10-7-3)16(15)25-13(20)9-6-2/h11,15-18,22H,5-10H2,1-4H3/t11-,15-,16+,17+,18+/m0/s1. The molecule has 1 heterocycles. The third-order valence-electron chi connectivity index (χ3n) is 3.91. The molecule has 8 nitrogen and oxygen atoms in total. The minimum absolute atomic E-state index is 0.148. The first-order valence-corrected chi connectivity index (χ1v) is 9.25. The van der Waals surface area contributed by atoms with E-state index in [2.05, 4.69) is 0 Å². The highest BCUT2D eigenvalue weighted by molar-refractivity contribution is 5.71. The van der Waals surface area contributed by atoms with E-state index in [0.717, 1.165) is 0 Å². The van der Waals surface area contributed by atoms with Crippen molar-refractivity contribution in [3.8, 4) is 0 Å². The molecule has 1 N–H and O–H groups in total. The highest BCUT2D eigenvalue weighted by Gasteiger charge is 2.50. The number of esters is 3. The molecule has 0 radical (unpaired) electrons. The molecule has 5 atom stereocenters. The summed E-state index contributed by atoms with van der Waals surface area (Å²) in [6.45, 7) is 7.06. The predicted octanol–water partition coefficient (Wildman–Crippen LogP) is 1.86. The van der Waals surface area contributed by atoms with Crippen molar-refractivity contribution in [2.45, 2.75) is 96.9 Å². The molecule has 1 rings (SSSR count). The molecule has 0 unspecified atom stereocenters. The van der Waals surface area contributed by atoms with E-state index < -0.39 is 48.6 Å². The van der Waals surface area contributed by atoms with Crippen molar-refractivity contribution in [2.75, 3.05) is 0 Å². The van der Waals surface area contributed by atoms with Crippen molar-refractivity contribution < 1.29 is 38.4 Å². The molecule has 26 heavy (non-hydrogen) atoms. The molecule has 0 aromatic rings. The number of hydrogen-bond donors (Lipinski definition) is 1. The lowest BCUT2D eigenvalue weighted by Gasteiger charge is -2.42. The smallest absolute Gasteiger partial charge is 0.306 e. The number of rotatable bonds is 9. The number of aliphatic hydroxyl groups excluding tert-OH is 1. The van der Waals surface area contributed by atoms with Crippen LogP contribution in [-0.4, -0.2) is 53.7 Å². The zero-order valence-electron chi connectivity index (χ0n) is 15.9. The Bertz CT molecular complexity index is 446. The number of carbonyl (C=O) groups excluding carboxylic acids is 3. The first-order chi connectivity index (χ1) is 12.3. The Morgan fingerprint density at radius 3 is 1.58 bits per heavy atom. The van der Waals surface area contributed by atoms with Gasteiger partial charge in [-0.1, -0.05) is 20.8 Å². The lowest BCUT2D eigenvalue weighted by atomic mass is 9.98. The summed E-state index contributed by atoms with van der Waals surface area (Å²) in [4.78, 5) is 35.8. The van der Waals surface area contributed by atoms with Gasteiger partial charge < -0.3 is 24.1 Å². The molecule has 150 valence electrons. The van der Waals surface area contributed by atoms with E-state index in [9.17, 15) is 19.5 Å². The first kappa shape index (κ1) is 22.4. The molecule has 8 heteroatoms.